The fourth-order valence-electron chi connectivity index (χ4n) is 1.99. The first-order valence-electron chi connectivity index (χ1n) is 5.62. The van der Waals surface area contributed by atoms with E-state index in [4.69, 9.17) is 10.5 Å². The molecule has 7 nitrogen and oxygen atoms in total. The van der Waals surface area contributed by atoms with Crippen LogP contribution in [-0.4, -0.2) is 49.7 Å². The lowest BCUT2D eigenvalue weighted by Crippen LogP contribution is -2.39. The van der Waals surface area contributed by atoms with E-state index in [2.05, 4.69) is 10.2 Å². The SMILES string of the molecule is COCC1CCN(S(=O)(=O)c2nnc(N)s2)CC1. The van der Waals surface area contributed by atoms with Gasteiger partial charge in [0.2, 0.25) is 9.47 Å². The summed E-state index contributed by atoms with van der Waals surface area (Å²) in [7, 11) is -1.86. The fourth-order valence-corrected chi connectivity index (χ4v) is 4.38. The van der Waals surface area contributed by atoms with E-state index in [9.17, 15) is 8.42 Å². The van der Waals surface area contributed by atoms with Crippen LogP contribution in [0.2, 0.25) is 0 Å². The molecule has 0 atom stereocenters. The zero-order valence-electron chi connectivity index (χ0n) is 10.1. The van der Waals surface area contributed by atoms with Crippen LogP contribution in [0.5, 0.6) is 0 Å². The van der Waals surface area contributed by atoms with Crippen molar-refractivity contribution < 1.29 is 13.2 Å². The number of aromatic nitrogens is 2. The van der Waals surface area contributed by atoms with Crippen molar-refractivity contribution in [3.63, 3.8) is 0 Å². The molecular formula is C9H16N4O3S2. The van der Waals surface area contributed by atoms with Gasteiger partial charge in [0.1, 0.15) is 0 Å². The van der Waals surface area contributed by atoms with Crippen LogP contribution in [0.4, 0.5) is 5.13 Å². The van der Waals surface area contributed by atoms with Crippen LogP contribution >= 0.6 is 11.3 Å². The lowest BCUT2D eigenvalue weighted by molar-refractivity contribution is 0.121. The minimum atomic E-state index is -3.52. The van der Waals surface area contributed by atoms with E-state index in [0.717, 1.165) is 24.2 Å². The molecule has 2 heterocycles. The molecule has 9 heteroatoms. The van der Waals surface area contributed by atoms with Crippen molar-refractivity contribution in [3.8, 4) is 0 Å². The largest absolute Gasteiger partial charge is 0.384 e. The normalized spacial score (nSPS) is 19.2. The summed E-state index contributed by atoms with van der Waals surface area (Å²) in [5.41, 5.74) is 5.41. The highest BCUT2D eigenvalue weighted by Crippen LogP contribution is 2.26. The molecule has 1 aliphatic heterocycles. The zero-order valence-corrected chi connectivity index (χ0v) is 11.7. The van der Waals surface area contributed by atoms with Crippen LogP contribution < -0.4 is 5.73 Å². The van der Waals surface area contributed by atoms with E-state index in [1.54, 1.807) is 7.11 Å². The van der Waals surface area contributed by atoms with Gasteiger partial charge in [-0.1, -0.05) is 11.3 Å². The number of methoxy groups -OCH3 is 1. The third-order valence-electron chi connectivity index (χ3n) is 2.96. The summed E-state index contributed by atoms with van der Waals surface area (Å²) < 4.78 is 30.9. The van der Waals surface area contributed by atoms with Gasteiger partial charge < -0.3 is 10.5 Å². The van der Waals surface area contributed by atoms with E-state index in [1.807, 2.05) is 0 Å². The number of nitrogens with two attached hydrogens (primary N) is 1. The molecule has 0 bridgehead atoms. The molecule has 0 radical (unpaired) electrons. The Morgan fingerprint density at radius 3 is 2.61 bits per heavy atom. The third-order valence-corrected chi connectivity index (χ3v) is 5.96. The fraction of sp³-hybridized carbons (Fsp3) is 0.778. The number of piperidine rings is 1. The number of nitrogen functional groups attached to an aromatic ring is 1. The third kappa shape index (κ3) is 2.79. The van der Waals surface area contributed by atoms with Crippen LogP contribution in [0.25, 0.3) is 0 Å². The predicted molar refractivity (Wildman–Crippen MR) is 67.7 cm³/mol. The first-order chi connectivity index (χ1) is 8.54. The Kier molecular flexibility index (Phi) is 4.15. The molecule has 0 aliphatic carbocycles. The Morgan fingerprint density at radius 2 is 2.11 bits per heavy atom. The van der Waals surface area contributed by atoms with E-state index in [1.165, 1.54) is 4.31 Å². The summed E-state index contributed by atoms with van der Waals surface area (Å²) in [6.45, 7) is 1.67. The molecule has 102 valence electrons. The van der Waals surface area contributed by atoms with Gasteiger partial charge in [0, 0.05) is 26.8 Å². The highest BCUT2D eigenvalue weighted by Gasteiger charge is 2.31. The number of ether oxygens (including phenoxy) is 1. The van der Waals surface area contributed by atoms with Gasteiger partial charge >= 0.3 is 0 Å². The molecular weight excluding hydrogens is 276 g/mol. The molecule has 1 saturated heterocycles. The lowest BCUT2D eigenvalue weighted by Gasteiger charge is -2.29. The van der Waals surface area contributed by atoms with Crippen molar-refractivity contribution in [3.05, 3.63) is 0 Å². The molecule has 0 unspecified atom stereocenters. The first kappa shape index (κ1) is 13.7. The van der Waals surface area contributed by atoms with Crippen molar-refractivity contribution in [2.75, 3.05) is 32.5 Å². The molecule has 1 aliphatic rings. The van der Waals surface area contributed by atoms with Crippen LogP contribution in [0, 0.1) is 5.92 Å². The van der Waals surface area contributed by atoms with Gasteiger partial charge in [-0.3, -0.25) is 0 Å². The standard InChI is InChI=1S/C9H16N4O3S2/c1-16-6-7-2-4-13(5-3-7)18(14,15)9-12-11-8(10)17-9/h7H,2-6H2,1H3,(H2,10,11). The Morgan fingerprint density at radius 1 is 1.44 bits per heavy atom. The summed E-state index contributed by atoms with van der Waals surface area (Å²) in [6.07, 6.45) is 1.61. The molecule has 0 spiro atoms. The zero-order chi connectivity index (χ0) is 13.2. The summed E-state index contributed by atoms with van der Waals surface area (Å²) >= 11 is 0.901. The topological polar surface area (TPSA) is 98.4 Å². The van der Waals surface area contributed by atoms with E-state index >= 15 is 0 Å². The van der Waals surface area contributed by atoms with Crippen molar-refractivity contribution in [2.45, 2.75) is 17.2 Å². The minimum Gasteiger partial charge on any atom is -0.384 e. The van der Waals surface area contributed by atoms with Crippen molar-refractivity contribution >= 4 is 26.5 Å². The summed E-state index contributed by atoms with van der Waals surface area (Å²) in [6, 6.07) is 0. The monoisotopic (exact) mass is 292 g/mol. The average molecular weight is 292 g/mol. The number of hydrogen-bond donors (Lipinski definition) is 1. The Labute approximate surface area is 110 Å². The van der Waals surface area contributed by atoms with Crippen LogP contribution in [0.15, 0.2) is 4.34 Å². The number of nitrogens with zero attached hydrogens (tertiary/aromatic N) is 3. The van der Waals surface area contributed by atoms with Gasteiger partial charge in [-0.25, -0.2) is 8.42 Å². The highest BCUT2D eigenvalue weighted by molar-refractivity contribution is 7.91. The first-order valence-corrected chi connectivity index (χ1v) is 7.87. The van der Waals surface area contributed by atoms with Gasteiger partial charge in [0.15, 0.2) is 0 Å². The maximum Gasteiger partial charge on any atom is 0.272 e. The van der Waals surface area contributed by atoms with Gasteiger partial charge in [-0.15, -0.1) is 10.2 Å². The van der Waals surface area contributed by atoms with Crippen molar-refractivity contribution in [1.29, 1.82) is 0 Å². The molecule has 2 rings (SSSR count). The van der Waals surface area contributed by atoms with E-state index in [0.29, 0.717) is 25.6 Å². The second kappa shape index (κ2) is 5.47. The second-order valence-electron chi connectivity index (χ2n) is 4.21. The number of hydrogen-bond acceptors (Lipinski definition) is 7. The highest BCUT2D eigenvalue weighted by atomic mass is 32.2. The van der Waals surface area contributed by atoms with Crippen molar-refractivity contribution in [1.82, 2.24) is 14.5 Å². The molecule has 2 N–H and O–H groups in total. The average Bonchev–Trinajstić information content (AvgIpc) is 2.78. The molecule has 0 amide bonds. The summed E-state index contributed by atoms with van der Waals surface area (Å²) in [4.78, 5) is 0. The summed E-state index contributed by atoms with van der Waals surface area (Å²) in [5.74, 6) is 0.431. The smallest absolute Gasteiger partial charge is 0.272 e. The van der Waals surface area contributed by atoms with Crippen LogP contribution in [-0.2, 0) is 14.8 Å². The Bertz CT molecular complexity index is 494. The molecule has 1 aromatic rings. The second-order valence-corrected chi connectivity index (χ2v) is 7.33. The molecule has 0 aromatic carbocycles. The number of rotatable bonds is 4. The Balaban J connectivity index is 2.05. The quantitative estimate of drug-likeness (QED) is 0.849. The predicted octanol–water partition coefficient (Wildman–Crippen LogP) is 0.167. The number of sulfonamides is 1. The van der Waals surface area contributed by atoms with Crippen LogP contribution in [0.3, 0.4) is 0 Å². The molecule has 1 fully saturated rings. The molecule has 1 aromatic heterocycles. The maximum atomic E-state index is 12.2. The molecule has 0 saturated carbocycles. The summed E-state index contributed by atoms with van der Waals surface area (Å²) in [5, 5.41) is 7.32. The van der Waals surface area contributed by atoms with Gasteiger partial charge in [0.05, 0.1) is 0 Å². The molecule has 18 heavy (non-hydrogen) atoms. The van der Waals surface area contributed by atoms with Crippen LogP contribution in [0.1, 0.15) is 12.8 Å². The van der Waals surface area contributed by atoms with Gasteiger partial charge in [-0.05, 0) is 18.8 Å². The van der Waals surface area contributed by atoms with Gasteiger partial charge in [-0.2, -0.15) is 4.31 Å². The minimum absolute atomic E-state index is 0.0230. The lowest BCUT2D eigenvalue weighted by atomic mass is 9.99. The number of anilines is 1. The van der Waals surface area contributed by atoms with E-state index < -0.39 is 10.0 Å². The Hall–Kier alpha value is -0.770. The van der Waals surface area contributed by atoms with E-state index in [-0.39, 0.29) is 9.47 Å². The maximum absolute atomic E-state index is 12.2. The van der Waals surface area contributed by atoms with Gasteiger partial charge in [0.25, 0.3) is 10.0 Å². The van der Waals surface area contributed by atoms with Crippen molar-refractivity contribution in [2.24, 2.45) is 5.92 Å².